The third-order valence-electron chi connectivity index (χ3n) is 6.47. The molecule has 2 aliphatic heterocycles. The fourth-order valence-corrected chi connectivity index (χ4v) is 4.92. The lowest BCUT2D eigenvalue weighted by atomic mass is 9.68. The van der Waals surface area contributed by atoms with E-state index in [4.69, 9.17) is 0 Å². The van der Waals surface area contributed by atoms with Gasteiger partial charge in [0.05, 0.1) is 0 Å². The highest BCUT2D eigenvalue weighted by molar-refractivity contribution is 5.94. The molecule has 27 heavy (non-hydrogen) atoms. The van der Waals surface area contributed by atoms with Gasteiger partial charge in [0.15, 0.2) is 0 Å². The van der Waals surface area contributed by atoms with Gasteiger partial charge in [0.2, 0.25) is 0 Å². The second kappa shape index (κ2) is 7.81. The van der Waals surface area contributed by atoms with E-state index in [0.717, 1.165) is 44.6 Å². The van der Waals surface area contributed by atoms with Crippen molar-refractivity contribution < 1.29 is 4.79 Å². The van der Waals surface area contributed by atoms with E-state index in [1.807, 2.05) is 17.0 Å². The maximum atomic E-state index is 12.8. The van der Waals surface area contributed by atoms with Crippen LogP contribution >= 0.6 is 0 Å². The molecule has 1 atom stereocenters. The molecule has 1 aromatic carbocycles. The number of benzene rings is 1. The van der Waals surface area contributed by atoms with E-state index in [9.17, 15) is 4.79 Å². The van der Waals surface area contributed by atoms with Crippen LogP contribution in [0.1, 0.15) is 48.0 Å². The first-order valence-electron chi connectivity index (χ1n) is 10.2. The van der Waals surface area contributed by atoms with Crippen LogP contribution in [0.15, 0.2) is 54.9 Å². The molecular formula is C23H29N3O. The van der Waals surface area contributed by atoms with E-state index in [0.29, 0.717) is 11.3 Å². The Bertz CT molecular complexity index is 754. The molecule has 4 rings (SSSR count). The first-order chi connectivity index (χ1) is 13.2. The molecule has 0 saturated carbocycles. The van der Waals surface area contributed by atoms with Crippen molar-refractivity contribution in [3.05, 3.63) is 66.0 Å². The van der Waals surface area contributed by atoms with Crippen molar-refractivity contribution in [2.45, 2.75) is 32.1 Å². The summed E-state index contributed by atoms with van der Waals surface area (Å²) in [6, 6.07) is 14.6. The van der Waals surface area contributed by atoms with Crippen molar-refractivity contribution in [2.75, 3.05) is 32.7 Å². The number of likely N-dealkylation sites (N-methyl/N-ethyl adjacent to an activating group) is 1. The standard InChI is InChI=1S/C23H29N3O/c1-2-25-17-21(19-6-4-3-5-7-19)16-23(18-25)10-14-26(15-11-23)22(27)20-8-12-24-13-9-20/h3-9,12-13,21H,2,10-11,14-18H2,1H3/t21-/m0/s1. The summed E-state index contributed by atoms with van der Waals surface area (Å²) in [5.74, 6) is 0.748. The quantitative estimate of drug-likeness (QED) is 0.832. The predicted molar refractivity (Wildman–Crippen MR) is 108 cm³/mol. The molecule has 2 aliphatic rings. The van der Waals surface area contributed by atoms with Gasteiger partial charge in [-0.2, -0.15) is 0 Å². The number of carbonyl (C=O) groups excluding carboxylic acids is 1. The number of carbonyl (C=O) groups is 1. The van der Waals surface area contributed by atoms with Crippen LogP contribution in [0.2, 0.25) is 0 Å². The summed E-state index contributed by atoms with van der Waals surface area (Å²) in [5, 5.41) is 0. The third-order valence-corrected chi connectivity index (χ3v) is 6.47. The van der Waals surface area contributed by atoms with Gasteiger partial charge in [0.25, 0.3) is 5.91 Å². The first-order valence-corrected chi connectivity index (χ1v) is 10.2. The summed E-state index contributed by atoms with van der Waals surface area (Å²) in [5.41, 5.74) is 2.55. The topological polar surface area (TPSA) is 36.4 Å². The Morgan fingerprint density at radius 1 is 1.11 bits per heavy atom. The maximum absolute atomic E-state index is 12.8. The molecule has 3 heterocycles. The zero-order chi connectivity index (χ0) is 18.7. The van der Waals surface area contributed by atoms with Crippen molar-refractivity contribution in [3.8, 4) is 0 Å². The van der Waals surface area contributed by atoms with Gasteiger partial charge < -0.3 is 9.80 Å². The summed E-state index contributed by atoms with van der Waals surface area (Å²) in [6.07, 6.45) is 6.84. The van der Waals surface area contributed by atoms with Gasteiger partial charge in [-0.15, -0.1) is 0 Å². The number of aromatic nitrogens is 1. The van der Waals surface area contributed by atoms with Crippen LogP contribution in [0.4, 0.5) is 0 Å². The van der Waals surface area contributed by atoms with E-state index in [2.05, 4.69) is 47.1 Å². The highest BCUT2D eigenvalue weighted by atomic mass is 16.2. The van der Waals surface area contributed by atoms with Crippen molar-refractivity contribution in [3.63, 3.8) is 0 Å². The molecule has 0 N–H and O–H groups in total. The number of hydrogen-bond acceptors (Lipinski definition) is 3. The van der Waals surface area contributed by atoms with Crippen LogP contribution in [0.25, 0.3) is 0 Å². The number of amides is 1. The molecule has 1 aromatic heterocycles. The highest BCUT2D eigenvalue weighted by Crippen LogP contribution is 2.45. The Hall–Kier alpha value is -2.20. The fraction of sp³-hybridized carbons (Fsp3) is 0.478. The van der Waals surface area contributed by atoms with Crippen molar-refractivity contribution in [2.24, 2.45) is 5.41 Å². The number of rotatable bonds is 3. The van der Waals surface area contributed by atoms with Gasteiger partial charge in [-0.25, -0.2) is 0 Å². The minimum Gasteiger partial charge on any atom is -0.339 e. The van der Waals surface area contributed by atoms with Crippen molar-refractivity contribution in [1.29, 1.82) is 0 Å². The van der Waals surface area contributed by atoms with Crippen LogP contribution in [-0.4, -0.2) is 53.4 Å². The van der Waals surface area contributed by atoms with E-state index in [1.54, 1.807) is 12.4 Å². The summed E-state index contributed by atoms with van der Waals surface area (Å²) in [7, 11) is 0. The lowest BCUT2D eigenvalue weighted by molar-refractivity contribution is 0.0158. The number of pyridine rings is 1. The molecule has 0 aliphatic carbocycles. The van der Waals surface area contributed by atoms with Crippen LogP contribution < -0.4 is 0 Å². The second-order valence-corrected chi connectivity index (χ2v) is 8.17. The molecule has 1 spiro atoms. The van der Waals surface area contributed by atoms with E-state index in [-0.39, 0.29) is 5.91 Å². The zero-order valence-corrected chi connectivity index (χ0v) is 16.2. The van der Waals surface area contributed by atoms with Gasteiger partial charge in [-0.1, -0.05) is 37.3 Å². The van der Waals surface area contributed by atoms with Crippen LogP contribution in [0.5, 0.6) is 0 Å². The van der Waals surface area contributed by atoms with Crippen LogP contribution in [0.3, 0.4) is 0 Å². The largest absolute Gasteiger partial charge is 0.339 e. The SMILES string of the molecule is CCN1C[C@@H](c2ccccc2)CC2(CCN(C(=O)c3ccncc3)CC2)C1. The van der Waals surface area contributed by atoms with Gasteiger partial charge in [-0.05, 0) is 54.8 Å². The number of nitrogens with zero attached hydrogens (tertiary/aromatic N) is 3. The monoisotopic (exact) mass is 363 g/mol. The zero-order valence-electron chi connectivity index (χ0n) is 16.2. The Kier molecular flexibility index (Phi) is 5.26. The molecule has 2 fully saturated rings. The Morgan fingerprint density at radius 3 is 2.48 bits per heavy atom. The van der Waals surface area contributed by atoms with Crippen molar-refractivity contribution in [1.82, 2.24) is 14.8 Å². The highest BCUT2D eigenvalue weighted by Gasteiger charge is 2.42. The molecule has 0 radical (unpaired) electrons. The van der Waals surface area contributed by atoms with Crippen LogP contribution in [0, 0.1) is 5.41 Å². The predicted octanol–water partition coefficient (Wildman–Crippen LogP) is 3.81. The Labute approximate surface area is 162 Å². The summed E-state index contributed by atoms with van der Waals surface area (Å²) < 4.78 is 0. The molecule has 0 bridgehead atoms. The number of hydrogen-bond donors (Lipinski definition) is 0. The molecule has 4 nitrogen and oxygen atoms in total. The Balaban J connectivity index is 1.46. The van der Waals surface area contributed by atoms with Crippen LogP contribution in [-0.2, 0) is 0 Å². The molecule has 142 valence electrons. The molecule has 2 saturated heterocycles. The van der Waals surface area contributed by atoms with Gasteiger partial charge in [0, 0.05) is 44.1 Å². The summed E-state index contributed by atoms with van der Waals surface area (Å²) >= 11 is 0. The van der Waals surface area contributed by atoms with Crippen molar-refractivity contribution >= 4 is 5.91 Å². The maximum Gasteiger partial charge on any atom is 0.253 e. The number of piperidine rings is 2. The van der Waals surface area contributed by atoms with Gasteiger partial charge in [0.1, 0.15) is 0 Å². The second-order valence-electron chi connectivity index (χ2n) is 8.17. The summed E-state index contributed by atoms with van der Waals surface area (Å²) in [6.45, 7) is 7.42. The third kappa shape index (κ3) is 3.91. The summed E-state index contributed by atoms with van der Waals surface area (Å²) in [4.78, 5) is 21.4. The van der Waals surface area contributed by atoms with E-state index < -0.39 is 0 Å². The van der Waals surface area contributed by atoms with E-state index in [1.165, 1.54) is 18.5 Å². The smallest absolute Gasteiger partial charge is 0.253 e. The molecule has 2 aromatic rings. The molecule has 4 heteroatoms. The molecular weight excluding hydrogens is 334 g/mol. The van der Waals surface area contributed by atoms with Gasteiger partial charge in [-0.3, -0.25) is 9.78 Å². The normalized spacial score (nSPS) is 22.7. The minimum absolute atomic E-state index is 0.148. The fourth-order valence-electron chi connectivity index (χ4n) is 4.92. The number of likely N-dealkylation sites (tertiary alicyclic amines) is 2. The van der Waals surface area contributed by atoms with E-state index >= 15 is 0 Å². The average Bonchev–Trinajstić information content (AvgIpc) is 2.75. The lowest BCUT2D eigenvalue weighted by Gasteiger charge is -2.50. The Morgan fingerprint density at radius 2 is 1.81 bits per heavy atom. The minimum atomic E-state index is 0.148. The first kappa shape index (κ1) is 18.2. The average molecular weight is 364 g/mol. The molecule has 1 amide bonds. The molecule has 0 unspecified atom stereocenters. The lowest BCUT2D eigenvalue weighted by Crippen LogP contribution is -2.52. The van der Waals surface area contributed by atoms with Gasteiger partial charge >= 0.3 is 0 Å².